The Morgan fingerprint density at radius 1 is 1.42 bits per heavy atom. The predicted molar refractivity (Wildman–Crippen MR) is 77.1 cm³/mol. The minimum absolute atomic E-state index is 0.208. The van der Waals surface area contributed by atoms with Gasteiger partial charge in [0.1, 0.15) is 0 Å². The number of nitrogens with one attached hydrogen (secondary N) is 2. The first kappa shape index (κ1) is 13.4. The summed E-state index contributed by atoms with van der Waals surface area (Å²) in [5, 5.41) is 9.93. The van der Waals surface area contributed by atoms with Gasteiger partial charge in [0.2, 0.25) is 0 Å². The lowest BCUT2D eigenvalue weighted by atomic mass is 10.2. The van der Waals surface area contributed by atoms with Crippen LogP contribution >= 0.6 is 11.6 Å². The van der Waals surface area contributed by atoms with Crippen molar-refractivity contribution in [3.63, 3.8) is 0 Å². The lowest BCUT2D eigenvalue weighted by Crippen LogP contribution is -2.13. The summed E-state index contributed by atoms with van der Waals surface area (Å²) in [6, 6.07) is 5.40. The Balaban J connectivity index is 2.18. The van der Waals surface area contributed by atoms with Crippen LogP contribution in [0.3, 0.4) is 0 Å². The zero-order valence-electron chi connectivity index (χ0n) is 11.0. The van der Waals surface area contributed by atoms with Gasteiger partial charge in [-0.15, -0.1) is 0 Å². The third-order valence-corrected chi connectivity index (χ3v) is 3.06. The van der Waals surface area contributed by atoms with Crippen LogP contribution in [0.2, 0.25) is 5.02 Å². The molecule has 19 heavy (non-hydrogen) atoms. The van der Waals surface area contributed by atoms with Crippen LogP contribution in [0, 0.1) is 6.92 Å². The van der Waals surface area contributed by atoms with E-state index in [2.05, 4.69) is 15.5 Å². The molecule has 2 N–H and O–H groups in total. The number of carbonyl (C=O) groups is 1. The number of hydrogen-bond donors (Lipinski definition) is 2. The van der Waals surface area contributed by atoms with Crippen molar-refractivity contribution in [2.24, 2.45) is 0 Å². The SMILES string of the molecule is Cc1[nH]ncc1C(=O)Nc1ccc(N(C)C)c(Cl)c1. The standard InChI is InChI=1S/C13H15ClN4O/c1-8-10(7-15-17-8)13(19)16-9-4-5-12(18(2)3)11(14)6-9/h4-7H,1-3H3,(H,15,17)(H,16,19). The van der Waals surface area contributed by atoms with Crippen molar-refractivity contribution in [2.75, 3.05) is 24.3 Å². The molecule has 2 aromatic rings. The normalized spacial score (nSPS) is 10.3. The fraction of sp³-hybridized carbons (Fsp3) is 0.231. The van der Waals surface area contributed by atoms with Crippen LogP contribution in [-0.2, 0) is 0 Å². The van der Waals surface area contributed by atoms with E-state index in [1.165, 1.54) is 6.20 Å². The van der Waals surface area contributed by atoms with Gasteiger partial charge in [0.05, 0.1) is 22.5 Å². The smallest absolute Gasteiger partial charge is 0.259 e. The van der Waals surface area contributed by atoms with E-state index in [0.29, 0.717) is 16.3 Å². The van der Waals surface area contributed by atoms with Crippen molar-refractivity contribution in [1.82, 2.24) is 10.2 Å². The second-order valence-electron chi connectivity index (χ2n) is 4.42. The summed E-state index contributed by atoms with van der Waals surface area (Å²) < 4.78 is 0. The van der Waals surface area contributed by atoms with Crippen LogP contribution in [0.1, 0.15) is 16.1 Å². The van der Waals surface area contributed by atoms with Gasteiger partial charge < -0.3 is 10.2 Å². The maximum Gasteiger partial charge on any atom is 0.259 e. The van der Waals surface area contributed by atoms with E-state index in [0.717, 1.165) is 11.4 Å². The summed E-state index contributed by atoms with van der Waals surface area (Å²) in [5.41, 5.74) is 2.81. The minimum atomic E-state index is -0.208. The number of H-pyrrole nitrogens is 1. The van der Waals surface area contributed by atoms with E-state index >= 15 is 0 Å². The number of benzene rings is 1. The fourth-order valence-electron chi connectivity index (χ4n) is 1.73. The molecule has 0 fully saturated rings. The number of rotatable bonds is 3. The molecule has 0 aliphatic heterocycles. The molecule has 100 valence electrons. The third-order valence-electron chi connectivity index (χ3n) is 2.76. The van der Waals surface area contributed by atoms with E-state index in [1.54, 1.807) is 13.0 Å². The molecule has 0 spiro atoms. The van der Waals surface area contributed by atoms with Gasteiger partial charge in [0, 0.05) is 25.5 Å². The van der Waals surface area contributed by atoms with Gasteiger partial charge in [-0.05, 0) is 25.1 Å². The second kappa shape index (κ2) is 5.32. The zero-order valence-corrected chi connectivity index (χ0v) is 11.7. The van der Waals surface area contributed by atoms with Gasteiger partial charge >= 0.3 is 0 Å². The highest BCUT2D eigenvalue weighted by Crippen LogP contribution is 2.27. The molecule has 0 aliphatic rings. The first-order valence-electron chi connectivity index (χ1n) is 5.77. The van der Waals surface area contributed by atoms with Gasteiger partial charge in [-0.2, -0.15) is 5.10 Å². The van der Waals surface area contributed by atoms with Crippen LogP contribution in [0.15, 0.2) is 24.4 Å². The summed E-state index contributed by atoms with van der Waals surface area (Å²) >= 11 is 6.15. The van der Waals surface area contributed by atoms with Crippen molar-refractivity contribution in [1.29, 1.82) is 0 Å². The Morgan fingerprint density at radius 3 is 2.68 bits per heavy atom. The van der Waals surface area contributed by atoms with E-state index < -0.39 is 0 Å². The molecule has 0 saturated carbocycles. The van der Waals surface area contributed by atoms with Crippen molar-refractivity contribution in [3.05, 3.63) is 40.7 Å². The number of anilines is 2. The Kier molecular flexibility index (Phi) is 3.76. The molecule has 2 rings (SSSR count). The molecule has 0 bridgehead atoms. The number of halogens is 1. The van der Waals surface area contributed by atoms with Crippen LogP contribution in [0.4, 0.5) is 11.4 Å². The second-order valence-corrected chi connectivity index (χ2v) is 4.83. The minimum Gasteiger partial charge on any atom is -0.376 e. The molecule has 0 atom stereocenters. The Bertz CT molecular complexity index is 606. The van der Waals surface area contributed by atoms with Crippen molar-refractivity contribution in [3.8, 4) is 0 Å². The van der Waals surface area contributed by atoms with Crippen LogP contribution < -0.4 is 10.2 Å². The number of amides is 1. The first-order chi connectivity index (χ1) is 8.99. The number of nitrogens with zero attached hydrogens (tertiary/aromatic N) is 2. The fourth-order valence-corrected chi connectivity index (χ4v) is 2.07. The molecule has 1 aromatic heterocycles. The Labute approximate surface area is 116 Å². The Hall–Kier alpha value is -2.01. The lowest BCUT2D eigenvalue weighted by Gasteiger charge is -2.15. The molecular weight excluding hydrogens is 264 g/mol. The molecule has 0 aliphatic carbocycles. The topological polar surface area (TPSA) is 61.0 Å². The first-order valence-corrected chi connectivity index (χ1v) is 6.15. The van der Waals surface area contributed by atoms with E-state index in [4.69, 9.17) is 11.6 Å². The molecule has 6 heteroatoms. The largest absolute Gasteiger partial charge is 0.376 e. The highest BCUT2D eigenvalue weighted by atomic mass is 35.5. The maximum atomic E-state index is 12.0. The molecule has 0 unspecified atom stereocenters. The van der Waals surface area contributed by atoms with Crippen LogP contribution in [-0.4, -0.2) is 30.2 Å². The third kappa shape index (κ3) is 2.88. The lowest BCUT2D eigenvalue weighted by molar-refractivity contribution is 0.102. The average molecular weight is 279 g/mol. The summed E-state index contributed by atoms with van der Waals surface area (Å²) in [6.07, 6.45) is 1.50. The monoisotopic (exact) mass is 278 g/mol. The zero-order chi connectivity index (χ0) is 14.0. The summed E-state index contributed by atoms with van der Waals surface area (Å²) in [7, 11) is 3.82. The van der Waals surface area contributed by atoms with E-state index in [-0.39, 0.29) is 5.91 Å². The van der Waals surface area contributed by atoms with E-state index in [9.17, 15) is 4.79 Å². The molecule has 1 amide bonds. The number of carbonyl (C=O) groups excluding carboxylic acids is 1. The van der Waals surface area contributed by atoms with Gasteiger partial charge in [-0.3, -0.25) is 9.89 Å². The molecule has 5 nitrogen and oxygen atoms in total. The van der Waals surface area contributed by atoms with Gasteiger partial charge in [-0.1, -0.05) is 11.6 Å². The number of hydrogen-bond acceptors (Lipinski definition) is 3. The number of aromatic amines is 1. The van der Waals surface area contributed by atoms with Crippen LogP contribution in [0.5, 0.6) is 0 Å². The van der Waals surface area contributed by atoms with E-state index in [1.807, 2.05) is 31.1 Å². The number of aryl methyl sites for hydroxylation is 1. The van der Waals surface area contributed by atoms with Gasteiger partial charge in [-0.25, -0.2) is 0 Å². The highest BCUT2D eigenvalue weighted by molar-refractivity contribution is 6.33. The highest BCUT2D eigenvalue weighted by Gasteiger charge is 2.12. The quantitative estimate of drug-likeness (QED) is 0.907. The van der Waals surface area contributed by atoms with Gasteiger partial charge in [0.25, 0.3) is 5.91 Å². The summed E-state index contributed by atoms with van der Waals surface area (Å²) in [5.74, 6) is -0.208. The summed E-state index contributed by atoms with van der Waals surface area (Å²) in [6.45, 7) is 1.80. The Morgan fingerprint density at radius 2 is 2.16 bits per heavy atom. The molecular formula is C13H15ClN4O. The summed E-state index contributed by atoms with van der Waals surface area (Å²) in [4.78, 5) is 13.9. The van der Waals surface area contributed by atoms with Crippen molar-refractivity contribution < 1.29 is 4.79 Å². The molecule has 0 radical (unpaired) electrons. The predicted octanol–water partition coefficient (Wildman–Crippen LogP) is 2.69. The van der Waals surface area contributed by atoms with Crippen LogP contribution in [0.25, 0.3) is 0 Å². The maximum absolute atomic E-state index is 12.0. The van der Waals surface area contributed by atoms with Gasteiger partial charge in [0.15, 0.2) is 0 Å². The molecule has 0 saturated heterocycles. The average Bonchev–Trinajstić information content (AvgIpc) is 2.75. The molecule has 1 aromatic carbocycles. The number of aromatic nitrogens is 2. The molecule has 1 heterocycles. The van der Waals surface area contributed by atoms with Crippen molar-refractivity contribution in [2.45, 2.75) is 6.92 Å². The van der Waals surface area contributed by atoms with Crippen molar-refractivity contribution >= 4 is 28.9 Å².